The van der Waals surface area contributed by atoms with Crippen LogP contribution in [0.15, 0.2) is 72.5 Å². The Morgan fingerprint density at radius 1 is 1.05 bits per heavy atom. The fourth-order valence-corrected chi connectivity index (χ4v) is 6.33. The van der Waals surface area contributed by atoms with Crippen molar-refractivity contribution in [3.8, 4) is 0 Å². The maximum Gasteiger partial charge on any atom is 0.274 e. The number of carbonyl (C=O) groups is 1. The molecular weight excluding hydrogens is 480 g/mol. The molecule has 0 radical (unpaired) electrons. The van der Waals surface area contributed by atoms with Gasteiger partial charge in [0.15, 0.2) is 5.13 Å². The van der Waals surface area contributed by atoms with E-state index < -0.39 is 0 Å². The first-order valence-corrected chi connectivity index (χ1v) is 14.0. The van der Waals surface area contributed by atoms with Gasteiger partial charge < -0.3 is 14.8 Å². The van der Waals surface area contributed by atoms with Gasteiger partial charge >= 0.3 is 0 Å². The summed E-state index contributed by atoms with van der Waals surface area (Å²) in [7, 11) is 0. The fourth-order valence-electron chi connectivity index (χ4n) is 5.58. The second kappa shape index (κ2) is 10.9. The van der Waals surface area contributed by atoms with Gasteiger partial charge in [0, 0.05) is 42.7 Å². The van der Waals surface area contributed by atoms with Gasteiger partial charge in [-0.3, -0.25) is 15.1 Å². The zero-order valence-electron chi connectivity index (χ0n) is 20.8. The van der Waals surface area contributed by atoms with Crippen molar-refractivity contribution < 1.29 is 4.79 Å². The highest BCUT2D eigenvalue weighted by Gasteiger charge is 2.29. The van der Waals surface area contributed by atoms with Crippen LogP contribution < -0.4 is 15.5 Å². The van der Waals surface area contributed by atoms with E-state index in [2.05, 4.69) is 50.2 Å². The first kappa shape index (κ1) is 23.9. The number of hydrogen-bond donors (Lipinski definition) is 2. The molecule has 7 nitrogen and oxygen atoms in total. The monoisotopic (exact) mass is 512 g/mol. The quantitative estimate of drug-likeness (QED) is 0.345. The van der Waals surface area contributed by atoms with Crippen LogP contribution in [-0.2, 0) is 6.54 Å². The molecular formula is C29H32N6OS. The summed E-state index contributed by atoms with van der Waals surface area (Å²) in [4.78, 5) is 24.5. The van der Waals surface area contributed by atoms with Gasteiger partial charge in [0.1, 0.15) is 5.69 Å². The molecule has 6 rings (SSSR count). The molecule has 3 aromatic heterocycles. The zero-order valence-corrected chi connectivity index (χ0v) is 21.7. The molecule has 2 fully saturated rings. The highest BCUT2D eigenvalue weighted by molar-refractivity contribution is 7.14. The largest absolute Gasteiger partial charge is 0.363 e. The third kappa shape index (κ3) is 5.31. The van der Waals surface area contributed by atoms with Crippen molar-refractivity contribution >= 4 is 28.1 Å². The van der Waals surface area contributed by atoms with Gasteiger partial charge in [-0.1, -0.05) is 12.1 Å². The maximum absolute atomic E-state index is 13.1. The molecule has 0 unspecified atom stereocenters. The van der Waals surface area contributed by atoms with Crippen molar-refractivity contribution in [1.82, 2.24) is 19.9 Å². The maximum atomic E-state index is 13.1. The molecule has 1 aromatic carbocycles. The molecule has 0 aliphatic carbocycles. The molecule has 0 saturated carbocycles. The number of piperidine rings is 1. The van der Waals surface area contributed by atoms with Crippen LogP contribution in [0.2, 0.25) is 0 Å². The standard InChI is InChI=1S/C29H32N6OS/c36-28(27-4-1-17-34(27)19-21-9-13-30-14-10-21)33-29-32-25(20-37-29)26-3-2-18-35(26)24-7-5-22(6-8-24)23-11-15-31-16-12-23/h1,4-10,13-14,17,20,23,26,31H,2-3,11-12,15-16,18-19H2,(H,32,33,36)/t26-/m1/s1. The molecule has 2 N–H and O–H groups in total. The number of amides is 1. The average Bonchev–Trinajstić information content (AvgIpc) is 3.71. The van der Waals surface area contributed by atoms with E-state index in [-0.39, 0.29) is 11.9 Å². The van der Waals surface area contributed by atoms with Crippen LogP contribution in [0.1, 0.15) is 65.0 Å². The first-order valence-electron chi connectivity index (χ1n) is 13.1. The Labute approximate surface area is 221 Å². The first-order chi connectivity index (χ1) is 18.2. The van der Waals surface area contributed by atoms with Gasteiger partial charge in [0.2, 0.25) is 0 Å². The number of anilines is 2. The van der Waals surface area contributed by atoms with Crippen molar-refractivity contribution in [2.24, 2.45) is 0 Å². The fraction of sp³-hybridized carbons (Fsp3) is 0.345. The Hall–Kier alpha value is -3.49. The lowest BCUT2D eigenvalue weighted by Crippen LogP contribution is -2.26. The van der Waals surface area contributed by atoms with E-state index in [1.165, 1.54) is 35.4 Å². The number of benzene rings is 1. The predicted molar refractivity (Wildman–Crippen MR) is 148 cm³/mol. The summed E-state index contributed by atoms with van der Waals surface area (Å²) < 4.78 is 1.95. The summed E-state index contributed by atoms with van der Waals surface area (Å²) in [5, 5.41) is 9.22. The molecule has 2 aliphatic heterocycles. The molecule has 8 heteroatoms. The number of nitrogens with zero attached hydrogens (tertiary/aromatic N) is 4. The van der Waals surface area contributed by atoms with Crippen LogP contribution in [0.4, 0.5) is 10.8 Å². The third-order valence-corrected chi connectivity index (χ3v) is 8.31. The van der Waals surface area contributed by atoms with Gasteiger partial charge in [-0.05, 0) is 92.2 Å². The lowest BCUT2D eigenvalue weighted by Gasteiger charge is -2.27. The second-order valence-corrected chi connectivity index (χ2v) is 10.7. The van der Waals surface area contributed by atoms with E-state index in [4.69, 9.17) is 4.98 Å². The summed E-state index contributed by atoms with van der Waals surface area (Å²) in [5.74, 6) is 0.525. The van der Waals surface area contributed by atoms with E-state index in [9.17, 15) is 4.79 Å². The van der Waals surface area contributed by atoms with Crippen molar-refractivity contribution in [2.75, 3.05) is 29.9 Å². The lowest BCUT2D eigenvalue weighted by atomic mass is 9.90. The Morgan fingerprint density at radius 2 is 1.86 bits per heavy atom. The summed E-state index contributed by atoms with van der Waals surface area (Å²) in [5.41, 5.74) is 5.46. The molecule has 1 atom stereocenters. The minimum Gasteiger partial charge on any atom is -0.363 e. The van der Waals surface area contributed by atoms with Crippen LogP contribution in [0.25, 0.3) is 0 Å². The van der Waals surface area contributed by atoms with Crippen molar-refractivity contribution in [3.63, 3.8) is 0 Å². The van der Waals surface area contributed by atoms with Crippen molar-refractivity contribution in [2.45, 2.75) is 44.2 Å². The molecule has 190 valence electrons. The van der Waals surface area contributed by atoms with Crippen LogP contribution >= 0.6 is 11.3 Å². The van der Waals surface area contributed by atoms with Gasteiger partial charge in [0.25, 0.3) is 5.91 Å². The molecule has 0 spiro atoms. The normalized spacial score (nSPS) is 18.3. The van der Waals surface area contributed by atoms with E-state index >= 15 is 0 Å². The molecule has 2 aliphatic rings. The van der Waals surface area contributed by atoms with Gasteiger partial charge in [-0.15, -0.1) is 11.3 Å². The Bertz CT molecular complexity index is 1330. The zero-order chi connectivity index (χ0) is 25.0. The Morgan fingerprint density at radius 3 is 2.68 bits per heavy atom. The minimum absolute atomic E-state index is 0.142. The van der Waals surface area contributed by atoms with Crippen molar-refractivity contribution in [1.29, 1.82) is 0 Å². The van der Waals surface area contributed by atoms with Gasteiger partial charge in [-0.25, -0.2) is 4.98 Å². The molecule has 4 aromatic rings. The van der Waals surface area contributed by atoms with E-state index in [1.807, 2.05) is 35.0 Å². The van der Waals surface area contributed by atoms with E-state index in [1.54, 1.807) is 12.4 Å². The van der Waals surface area contributed by atoms with Crippen LogP contribution in [0.5, 0.6) is 0 Å². The SMILES string of the molecule is O=C(Nc1nc([C@H]2CCCN2c2ccc(C3CCNCC3)cc2)cs1)c1cccn1Cc1ccncc1. The summed E-state index contributed by atoms with van der Waals surface area (Å²) in [6.45, 7) is 3.87. The summed E-state index contributed by atoms with van der Waals surface area (Å²) in [6, 6.07) is 17.1. The summed E-state index contributed by atoms with van der Waals surface area (Å²) >= 11 is 1.50. The Kier molecular flexibility index (Phi) is 7.01. The molecule has 0 bridgehead atoms. The third-order valence-electron chi connectivity index (χ3n) is 7.54. The molecule has 2 saturated heterocycles. The Balaban J connectivity index is 1.12. The van der Waals surface area contributed by atoms with E-state index in [0.29, 0.717) is 23.3 Å². The topological polar surface area (TPSA) is 75.1 Å². The second-order valence-electron chi connectivity index (χ2n) is 9.88. The summed E-state index contributed by atoms with van der Waals surface area (Å²) in [6.07, 6.45) is 10.1. The van der Waals surface area contributed by atoms with Gasteiger partial charge in [-0.2, -0.15) is 0 Å². The number of rotatable bonds is 7. The van der Waals surface area contributed by atoms with Crippen LogP contribution in [0, 0.1) is 0 Å². The van der Waals surface area contributed by atoms with Gasteiger partial charge in [0.05, 0.1) is 11.7 Å². The van der Waals surface area contributed by atoms with Crippen molar-refractivity contribution in [3.05, 3.63) is 95.0 Å². The number of aromatic nitrogens is 3. The number of hydrogen-bond acceptors (Lipinski definition) is 6. The molecule has 5 heterocycles. The highest BCUT2D eigenvalue weighted by Crippen LogP contribution is 2.38. The number of carbonyl (C=O) groups excluding carboxylic acids is 1. The number of thiazole rings is 1. The number of pyridine rings is 1. The van der Waals surface area contributed by atoms with Crippen LogP contribution in [0.3, 0.4) is 0 Å². The van der Waals surface area contributed by atoms with Crippen LogP contribution in [-0.4, -0.2) is 40.1 Å². The highest BCUT2D eigenvalue weighted by atomic mass is 32.1. The molecule has 37 heavy (non-hydrogen) atoms. The smallest absolute Gasteiger partial charge is 0.274 e. The average molecular weight is 513 g/mol. The van der Waals surface area contributed by atoms with E-state index in [0.717, 1.165) is 43.7 Å². The lowest BCUT2D eigenvalue weighted by molar-refractivity contribution is 0.101. The minimum atomic E-state index is -0.142. The molecule has 1 amide bonds. The predicted octanol–water partition coefficient (Wildman–Crippen LogP) is 5.45. The number of nitrogens with one attached hydrogen (secondary N) is 2.